The molecular formula is C19H20N10O2S. The lowest BCUT2D eigenvalue weighted by Gasteiger charge is -2.24. The lowest BCUT2D eigenvalue weighted by atomic mass is 10.2. The SMILES string of the molecule is Cc1cnc(NC(=O)[C@@H]2CCCN2c2nc(Nc3cc(C(N)=O)[nH]n3)c3cccn3n2)s1. The first-order valence-electron chi connectivity index (χ1n) is 9.95. The van der Waals surface area contributed by atoms with Crippen molar-refractivity contribution < 1.29 is 9.59 Å². The fourth-order valence-electron chi connectivity index (χ4n) is 3.65. The molecule has 0 saturated carbocycles. The van der Waals surface area contributed by atoms with Gasteiger partial charge in [-0.15, -0.1) is 16.4 Å². The standard InChI is InChI=1S/C19H20N10O2S/c1-10-9-21-19(32-10)24-17(31)13-5-2-6-28(13)18-23-16(12-4-3-7-29(12)27-18)22-14-8-11(15(20)30)25-26-14/h3-4,7-9,13H,2,5-6H2,1H3,(H2,20,30)(H,21,24,31)(H2,22,23,25,26,27)/t13-/m0/s1. The molecule has 5 rings (SSSR count). The van der Waals surface area contributed by atoms with Gasteiger partial charge >= 0.3 is 0 Å². The number of carbonyl (C=O) groups is 2. The van der Waals surface area contributed by atoms with E-state index in [1.54, 1.807) is 16.9 Å². The zero-order valence-electron chi connectivity index (χ0n) is 17.1. The number of nitrogens with one attached hydrogen (secondary N) is 3. The van der Waals surface area contributed by atoms with E-state index in [9.17, 15) is 9.59 Å². The highest BCUT2D eigenvalue weighted by molar-refractivity contribution is 7.15. The molecule has 12 nitrogen and oxygen atoms in total. The minimum absolute atomic E-state index is 0.138. The summed E-state index contributed by atoms with van der Waals surface area (Å²) in [6.45, 7) is 2.59. The zero-order chi connectivity index (χ0) is 22.2. The molecule has 13 heteroatoms. The lowest BCUT2D eigenvalue weighted by Crippen LogP contribution is -2.40. The van der Waals surface area contributed by atoms with Crippen LogP contribution in [0.2, 0.25) is 0 Å². The Balaban J connectivity index is 1.44. The van der Waals surface area contributed by atoms with Crippen molar-refractivity contribution in [2.24, 2.45) is 5.73 Å². The first kappa shape index (κ1) is 19.9. The number of hydrogen-bond donors (Lipinski definition) is 4. The molecule has 1 atom stereocenters. The van der Waals surface area contributed by atoms with Gasteiger partial charge < -0.3 is 21.3 Å². The van der Waals surface area contributed by atoms with Crippen LogP contribution in [0, 0.1) is 6.92 Å². The van der Waals surface area contributed by atoms with E-state index in [-0.39, 0.29) is 11.6 Å². The number of aromatic nitrogens is 6. The third-order valence-corrected chi connectivity index (χ3v) is 5.96. The molecule has 164 valence electrons. The molecule has 1 saturated heterocycles. The minimum atomic E-state index is -0.608. The van der Waals surface area contributed by atoms with E-state index >= 15 is 0 Å². The Kier molecular flexibility index (Phi) is 4.93. The van der Waals surface area contributed by atoms with Crippen LogP contribution in [0.5, 0.6) is 0 Å². The highest BCUT2D eigenvalue weighted by atomic mass is 32.1. The summed E-state index contributed by atoms with van der Waals surface area (Å²) in [4.78, 5) is 36.1. The number of anilines is 4. The maximum absolute atomic E-state index is 12.9. The van der Waals surface area contributed by atoms with Gasteiger partial charge in [0.1, 0.15) is 17.3 Å². The number of carbonyl (C=O) groups excluding carboxylic acids is 2. The summed E-state index contributed by atoms with van der Waals surface area (Å²) in [5.41, 5.74) is 6.19. The predicted octanol–water partition coefficient (Wildman–Crippen LogP) is 1.67. The molecule has 1 aliphatic rings. The van der Waals surface area contributed by atoms with Gasteiger partial charge in [-0.3, -0.25) is 14.7 Å². The van der Waals surface area contributed by atoms with Crippen LogP contribution < -0.4 is 21.3 Å². The number of thiazole rings is 1. The van der Waals surface area contributed by atoms with Crippen molar-refractivity contribution in [1.82, 2.24) is 29.8 Å². The molecule has 32 heavy (non-hydrogen) atoms. The fraction of sp³-hybridized carbons (Fsp3) is 0.263. The second-order valence-electron chi connectivity index (χ2n) is 7.37. The maximum atomic E-state index is 12.9. The van der Waals surface area contributed by atoms with Gasteiger partial charge in [0, 0.05) is 29.9 Å². The van der Waals surface area contributed by atoms with Crippen LogP contribution in [0.15, 0.2) is 30.6 Å². The predicted molar refractivity (Wildman–Crippen MR) is 119 cm³/mol. The Bertz CT molecular complexity index is 1310. The molecule has 5 N–H and O–H groups in total. The van der Waals surface area contributed by atoms with E-state index in [2.05, 4.69) is 35.9 Å². The second kappa shape index (κ2) is 7.92. The Morgan fingerprint density at radius 2 is 2.25 bits per heavy atom. The number of rotatable bonds is 6. The Morgan fingerprint density at radius 3 is 3.00 bits per heavy atom. The smallest absolute Gasteiger partial charge is 0.266 e. The Hall–Kier alpha value is -4.00. The number of amides is 2. The summed E-state index contributed by atoms with van der Waals surface area (Å²) in [6, 6.07) is 4.79. The number of aromatic amines is 1. The van der Waals surface area contributed by atoms with E-state index in [1.165, 1.54) is 17.4 Å². The maximum Gasteiger partial charge on any atom is 0.266 e. The number of hydrogen-bond acceptors (Lipinski definition) is 9. The molecule has 0 radical (unpaired) electrons. The number of H-pyrrole nitrogens is 1. The van der Waals surface area contributed by atoms with Crippen molar-refractivity contribution in [3.05, 3.63) is 41.2 Å². The molecule has 0 aromatic carbocycles. The van der Waals surface area contributed by atoms with E-state index in [1.807, 2.05) is 24.0 Å². The van der Waals surface area contributed by atoms with Crippen LogP contribution in [0.4, 0.5) is 22.7 Å². The van der Waals surface area contributed by atoms with Gasteiger partial charge in [0.15, 0.2) is 16.8 Å². The lowest BCUT2D eigenvalue weighted by molar-refractivity contribution is -0.117. The highest BCUT2D eigenvalue weighted by Gasteiger charge is 2.33. The van der Waals surface area contributed by atoms with Crippen molar-refractivity contribution in [1.29, 1.82) is 0 Å². The van der Waals surface area contributed by atoms with Crippen molar-refractivity contribution >= 4 is 51.4 Å². The molecule has 1 aliphatic heterocycles. The highest BCUT2D eigenvalue weighted by Crippen LogP contribution is 2.28. The van der Waals surface area contributed by atoms with Gasteiger partial charge in [-0.05, 0) is 31.9 Å². The van der Waals surface area contributed by atoms with Crippen molar-refractivity contribution in [2.75, 3.05) is 22.1 Å². The number of aryl methyl sites for hydroxylation is 1. The zero-order valence-corrected chi connectivity index (χ0v) is 17.9. The molecule has 0 bridgehead atoms. The number of fused-ring (bicyclic) bond motifs is 1. The molecule has 4 aromatic heterocycles. The molecule has 0 aliphatic carbocycles. The van der Waals surface area contributed by atoms with E-state index in [0.717, 1.165) is 16.8 Å². The summed E-state index contributed by atoms with van der Waals surface area (Å²) in [5.74, 6) is 0.546. The molecule has 4 aromatic rings. The van der Waals surface area contributed by atoms with Crippen LogP contribution in [-0.2, 0) is 4.79 Å². The summed E-state index contributed by atoms with van der Waals surface area (Å²) in [7, 11) is 0. The fourth-order valence-corrected chi connectivity index (χ4v) is 4.32. The quantitative estimate of drug-likeness (QED) is 0.344. The van der Waals surface area contributed by atoms with E-state index in [4.69, 9.17) is 5.73 Å². The summed E-state index contributed by atoms with van der Waals surface area (Å²) < 4.78 is 1.68. The van der Waals surface area contributed by atoms with Gasteiger partial charge in [0.05, 0.1) is 0 Å². The van der Waals surface area contributed by atoms with Crippen LogP contribution in [0.3, 0.4) is 0 Å². The van der Waals surface area contributed by atoms with Crippen LogP contribution >= 0.6 is 11.3 Å². The third kappa shape index (κ3) is 3.73. The van der Waals surface area contributed by atoms with E-state index in [0.29, 0.717) is 35.7 Å². The summed E-state index contributed by atoms with van der Waals surface area (Å²) in [5, 5.41) is 17.8. The van der Waals surface area contributed by atoms with Crippen molar-refractivity contribution in [3.63, 3.8) is 0 Å². The van der Waals surface area contributed by atoms with Crippen LogP contribution in [0.25, 0.3) is 5.52 Å². The summed E-state index contributed by atoms with van der Waals surface area (Å²) in [6.07, 6.45) is 5.06. The molecule has 1 fully saturated rings. The normalized spacial score (nSPS) is 15.9. The van der Waals surface area contributed by atoms with Gasteiger partial charge in [-0.2, -0.15) is 10.1 Å². The van der Waals surface area contributed by atoms with E-state index < -0.39 is 11.9 Å². The van der Waals surface area contributed by atoms with Gasteiger partial charge in [0.25, 0.3) is 5.91 Å². The monoisotopic (exact) mass is 452 g/mol. The van der Waals surface area contributed by atoms with Crippen LogP contribution in [-0.4, -0.2) is 54.2 Å². The van der Waals surface area contributed by atoms with Crippen molar-refractivity contribution in [3.8, 4) is 0 Å². The van der Waals surface area contributed by atoms with Crippen LogP contribution in [0.1, 0.15) is 28.2 Å². The molecule has 0 spiro atoms. The topological polar surface area (TPSA) is 159 Å². The molecular weight excluding hydrogens is 432 g/mol. The van der Waals surface area contributed by atoms with Gasteiger partial charge in [0.2, 0.25) is 11.9 Å². The van der Waals surface area contributed by atoms with Crippen molar-refractivity contribution in [2.45, 2.75) is 25.8 Å². The second-order valence-corrected chi connectivity index (χ2v) is 8.61. The molecule has 0 unspecified atom stereocenters. The van der Waals surface area contributed by atoms with Gasteiger partial charge in [-0.1, -0.05) is 0 Å². The minimum Gasteiger partial charge on any atom is -0.364 e. The molecule has 2 amide bonds. The largest absolute Gasteiger partial charge is 0.364 e. The average Bonchev–Trinajstić information content (AvgIpc) is 3.54. The third-order valence-electron chi connectivity index (χ3n) is 5.13. The molecule has 5 heterocycles. The average molecular weight is 453 g/mol. The Labute approximate surface area is 185 Å². The number of primary amides is 1. The first-order chi connectivity index (χ1) is 15.5. The van der Waals surface area contributed by atoms with Gasteiger partial charge in [-0.25, -0.2) is 9.50 Å². The first-order valence-corrected chi connectivity index (χ1v) is 10.8. The number of nitrogens with two attached hydrogens (primary N) is 1. The Morgan fingerprint density at radius 1 is 1.38 bits per heavy atom. The number of nitrogens with zero attached hydrogens (tertiary/aromatic N) is 6. The summed E-state index contributed by atoms with van der Waals surface area (Å²) >= 11 is 1.43.